The average molecular weight is 617 g/mol. The number of ether oxygens (including phenoxy) is 2. The molecule has 1 saturated heterocycles. The molecular formula is C27H22ClIN2O5. The Morgan fingerprint density at radius 2 is 1.72 bits per heavy atom. The van der Waals surface area contributed by atoms with Crippen LogP contribution in [-0.2, 0) is 16.2 Å². The maximum atomic E-state index is 13.2. The average Bonchev–Trinajstić information content (AvgIpc) is 2.84. The van der Waals surface area contributed by atoms with Crippen molar-refractivity contribution in [2.45, 2.75) is 20.5 Å². The first-order valence-corrected chi connectivity index (χ1v) is 12.4. The molecule has 1 fully saturated rings. The molecule has 0 bridgehead atoms. The van der Waals surface area contributed by atoms with Gasteiger partial charge in [0, 0.05) is 5.02 Å². The third kappa shape index (κ3) is 5.39. The Labute approximate surface area is 227 Å². The van der Waals surface area contributed by atoms with E-state index >= 15 is 0 Å². The number of urea groups is 1. The Bertz CT molecular complexity index is 1400. The second kappa shape index (κ2) is 10.7. The molecule has 0 saturated carbocycles. The number of anilines is 1. The van der Waals surface area contributed by atoms with Gasteiger partial charge in [0.25, 0.3) is 11.8 Å². The maximum Gasteiger partial charge on any atom is 0.335 e. The van der Waals surface area contributed by atoms with Gasteiger partial charge in [-0.1, -0.05) is 29.8 Å². The van der Waals surface area contributed by atoms with Gasteiger partial charge >= 0.3 is 6.03 Å². The van der Waals surface area contributed by atoms with Crippen LogP contribution in [0.25, 0.3) is 6.08 Å². The molecule has 36 heavy (non-hydrogen) atoms. The van der Waals surface area contributed by atoms with Gasteiger partial charge < -0.3 is 9.47 Å². The lowest BCUT2D eigenvalue weighted by molar-refractivity contribution is -0.122. The molecule has 0 spiro atoms. The number of halogens is 2. The minimum atomic E-state index is -0.788. The van der Waals surface area contributed by atoms with Crippen molar-refractivity contribution >= 4 is 63.8 Å². The highest BCUT2D eigenvalue weighted by molar-refractivity contribution is 14.1. The number of benzene rings is 3. The molecule has 0 radical (unpaired) electrons. The predicted molar refractivity (Wildman–Crippen MR) is 146 cm³/mol. The van der Waals surface area contributed by atoms with Gasteiger partial charge in [-0.25, -0.2) is 9.69 Å². The number of imide groups is 2. The van der Waals surface area contributed by atoms with Gasteiger partial charge in [0.1, 0.15) is 12.2 Å². The van der Waals surface area contributed by atoms with Crippen molar-refractivity contribution in [1.82, 2.24) is 5.32 Å². The zero-order chi connectivity index (χ0) is 26.0. The highest BCUT2D eigenvalue weighted by atomic mass is 127. The summed E-state index contributed by atoms with van der Waals surface area (Å²) in [5, 5.41) is 2.89. The summed E-state index contributed by atoms with van der Waals surface area (Å²) >= 11 is 8.05. The van der Waals surface area contributed by atoms with Crippen LogP contribution < -0.4 is 19.7 Å². The first-order chi connectivity index (χ1) is 17.2. The lowest BCUT2D eigenvalue weighted by Crippen LogP contribution is -2.54. The summed E-state index contributed by atoms with van der Waals surface area (Å²) in [6.07, 6.45) is 1.44. The van der Waals surface area contributed by atoms with Gasteiger partial charge in [-0.3, -0.25) is 14.9 Å². The quantitative estimate of drug-likeness (QED) is 0.215. The molecule has 3 aromatic carbocycles. The molecule has 1 aliphatic rings. The molecule has 1 aliphatic heterocycles. The summed E-state index contributed by atoms with van der Waals surface area (Å²) in [6.45, 7) is 4.12. The lowest BCUT2D eigenvalue weighted by atomic mass is 10.0. The highest BCUT2D eigenvalue weighted by Gasteiger charge is 2.37. The SMILES string of the molecule is COc1cc(C=C2C(=O)NC(=O)N(c3ccc(C)c(C)c3)C2=O)cc(I)c1OCc1ccc(Cl)cc1. The Kier molecular flexibility index (Phi) is 7.65. The summed E-state index contributed by atoms with van der Waals surface area (Å²) in [6, 6.07) is 15.2. The molecule has 9 heteroatoms. The number of methoxy groups -OCH3 is 1. The van der Waals surface area contributed by atoms with E-state index in [-0.39, 0.29) is 5.57 Å². The van der Waals surface area contributed by atoms with Crippen molar-refractivity contribution in [2.24, 2.45) is 0 Å². The van der Waals surface area contributed by atoms with E-state index in [1.807, 2.05) is 32.0 Å². The van der Waals surface area contributed by atoms with Crippen LogP contribution in [0.4, 0.5) is 10.5 Å². The van der Waals surface area contributed by atoms with Crippen LogP contribution in [0.5, 0.6) is 11.5 Å². The van der Waals surface area contributed by atoms with Crippen LogP contribution >= 0.6 is 34.2 Å². The summed E-state index contributed by atoms with van der Waals surface area (Å²) in [4.78, 5) is 39.3. The number of hydrogen-bond acceptors (Lipinski definition) is 5. The topological polar surface area (TPSA) is 84.9 Å². The highest BCUT2D eigenvalue weighted by Crippen LogP contribution is 2.35. The number of barbiturate groups is 1. The molecule has 7 nitrogen and oxygen atoms in total. The summed E-state index contributed by atoms with van der Waals surface area (Å²) in [5.74, 6) is -0.499. The molecule has 3 aromatic rings. The fraction of sp³-hybridized carbons (Fsp3) is 0.148. The minimum Gasteiger partial charge on any atom is -0.493 e. The molecule has 0 unspecified atom stereocenters. The van der Waals surface area contributed by atoms with Crippen LogP contribution in [0.15, 0.2) is 60.2 Å². The van der Waals surface area contributed by atoms with Gasteiger partial charge in [0.15, 0.2) is 11.5 Å². The van der Waals surface area contributed by atoms with Gasteiger partial charge in [-0.15, -0.1) is 0 Å². The molecule has 184 valence electrons. The third-order valence-corrected chi connectivity index (χ3v) is 6.76. The molecular weight excluding hydrogens is 595 g/mol. The van der Waals surface area contributed by atoms with Gasteiger partial charge in [-0.05, 0) is 101 Å². The Balaban J connectivity index is 1.64. The van der Waals surface area contributed by atoms with Gasteiger partial charge in [-0.2, -0.15) is 0 Å². The monoisotopic (exact) mass is 616 g/mol. The van der Waals surface area contributed by atoms with Crippen molar-refractivity contribution in [3.63, 3.8) is 0 Å². The molecule has 4 rings (SSSR count). The minimum absolute atomic E-state index is 0.166. The molecule has 0 aromatic heterocycles. The van der Waals surface area contributed by atoms with E-state index in [1.165, 1.54) is 13.2 Å². The number of carbonyl (C=O) groups is 3. The lowest BCUT2D eigenvalue weighted by Gasteiger charge is -2.27. The number of aryl methyl sites for hydroxylation is 2. The normalized spacial score (nSPS) is 14.8. The fourth-order valence-electron chi connectivity index (χ4n) is 3.62. The largest absolute Gasteiger partial charge is 0.493 e. The Morgan fingerprint density at radius 1 is 1.00 bits per heavy atom. The number of rotatable bonds is 6. The summed E-state index contributed by atoms with van der Waals surface area (Å²) in [5.41, 5.74) is 3.64. The second-order valence-corrected chi connectivity index (χ2v) is 9.77. The third-order valence-electron chi connectivity index (χ3n) is 5.71. The van der Waals surface area contributed by atoms with Crippen molar-refractivity contribution in [1.29, 1.82) is 0 Å². The van der Waals surface area contributed by atoms with Crippen molar-refractivity contribution in [2.75, 3.05) is 12.0 Å². The van der Waals surface area contributed by atoms with Crippen LogP contribution in [0.1, 0.15) is 22.3 Å². The molecule has 0 aliphatic carbocycles. The molecule has 4 amide bonds. The Morgan fingerprint density at radius 3 is 2.39 bits per heavy atom. The fourth-order valence-corrected chi connectivity index (χ4v) is 4.53. The number of carbonyl (C=O) groups excluding carboxylic acids is 3. The van der Waals surface area contributed by atoms with Crippen molar-refractivity contribution in [3.05, 3.63) is 91.0 Å². The molecule has 1 heterocycles. The predicted octanol–water partition coefficient (Wildman–Crippen LogP) is 5.82. The second-order valence-electron chi connectivity index (χ2n) is 8.18. The van der Waals surface area contributed by atoms with E-state index < -0.39 is 17.8 Å². The number of hydrogen-bond donors (Lipinski definition) is 1. The van der Waals surface area contributed by atoms with E-state index in [4.69, 9.17) is 21.1 Å². The Hall–Kier alpha value is -3.37. The van der Waals surface area contributed by atoms with Crippen LogP contribution in [0.3, 0.4) is 0 Å². The van der Waals surface area contributed by atoms with E-state index in [9.17, 15) is 14.4 Å². The van der Waals surface area contributed by atoms with Crippen molar-refractivity contribution in [3.8, 4) is 11.5 Å². The smallest absolute Gasteiger partial charge is 0.335 e. The molecule has 0 atom stereocenters. The van der Waals surface area contributed by atoms with Crippen LogP contribution in [0, 0.1) is 17.4 Å². The van der Waals surface area contributed by atoms with Crippen molar-refractivity contribution < 1.29 is 23.9 Å². The van der Waals surface area contributed by atoms with Gasteiger partial charge in [0.05, 0.1) is 16.4 Å². The summed E-state index contributed by atoms with van der Waals surface area (Å²) < 4.78 is 12.2. The van der Waals surface area contributed by atoms with Crippen LogP contribution in [-0.4, -0.2) is 25.0 Å². The van der Waals surface area contributed by atoms with Crippen LogP contribution in [0.2, 0.25) is 5.02 Å². The summed E-state index contributed by atoms with van der Waals surface area (Å²) in [7, 11) is 1.51. The maximum absolute atomic E-state index is 13.2. The number of nitrogens with zero attached hydrogens (tertiary/aromatic N) is 1. The van der Waals surface area contributed by atoms with Gasteiger partial charge in [0.2, 0.25) is 0 Å². The molecule has 1 N–H and O–H groups in total. The first-order valence-electron chi connectivity index (χ1n) is 10.9. The van der Waals surface area contributed by atoms with E-state index in [0.717, 1.165) is 25.2 Å². The van der Waals surface area contributed by atoms with E-state index in [1.54, 1.807) is 36.4 Å². The zero-order valence-electron chi connectivity index (χ0n) is 19.7. The van der Waals surface area contributed by atoms with E-state index in [0.29, 0.717) is 34.4 Å². The standard InChI is InChI=1S/C27H22ClIN2O5/c1-15-4-9-20(10-16(15)2)31-26(33)21(25(32)30-27(31)34)11-18-12-22(29)24(23(13-18)35-3)36-14-17-5-7-19(28)8-6-17/h4-13H,14H2,1-3H3,(H,30,32,34). The zero-order valence-corrected chi connectivity index (χ0v) is 22.6. The number of nitrogens with one attached hydrogen (secondary N) is 1. The van der Waals surface area contributed by atoms with E-state index in [2.05, 4.69) is 27.9 Å². The first kappa shape index (κ1) is 25.7. The number of amides is 4.